The van der Waals surface area contributed by atoms with E-state index in [1.807, 2.05) is 0 Å². The van der Waals surface area contributed by atoms with Gasteiger partial charge in [0.2, 0.25) is 0 Å². The number of aromatic nitrogens is 4. The van der Waals surface area contributed by atoms with Gasteiger partial charge in [-0.2, -0.15) is 0 Å². The Kier molecular flexibility index (Phi) is 6.11. The molecule has 3 heterocycles. The van der Waals surface area contributed by atoms with Crippen LogP contribution < -0.4 is 5.32 Å². The topological polar surface area (TPSA) is 58.9 Å². The van der Waals surface area contributed by atoms with E-state index < -0.39 is 0 Å². The molecule has 0 radical (unpaired) electrons. The SMILES string of the molecule is CC(C)N(CCNc1ncnc2c1nc(-c1cccs1)n2C(C)C)C(C)C. The van der Waals surface area contributed by atoms with Crippen molar-refractivity contribution in [2.24, 2.45) is 0 Å². The second kappa shape index (κ2) is 8.35. The molecule has 146 valence electrons. The highest BCUT2D eigenvalue weighted by molar-refractivity contribution is 7.13. The van der Waals surface area contributed by atoms with Crippen molar-refractivity contribution < 1.29 is 0 Å². The van der Waals surface area contributed by atoms with Crippen LogP contribution >= 0.6 is 11.3 Å². The van der Waals surface area contributed by atoms with Crippen LogP contribution in [-0.2, 0) is 0 Å². The number of nitrogens with zero attached hydrogens (tertiary/aromatic N) is 5. The van der Waals surface area contributed by atoms with Gasteiger partial charge in [0.25, 0.3) is 0 Å². The van der Waals surface area contributed by atoms with Crippen molar-refractivity contribution in [3.63, 3.8) is 0 Å². The van der Waals surface area contributed by atoms with Gasteiger partial charge in [0.1, 0.15) is 6.33 Å². The molecule has 7 heteroatoms. The normalized spacial score (nSPS) is 12.2. The van der Waals surface area contributed by atoms with Crippen LogP contribution in [0.2, 0.25) is 0 Å². The molecular weight excluding hydrogens is 356 g/mol. The molecule has 3 aromatic heterocycles. The number of hydrogen-bond acceptors (Lipinski definition) is 6. The monoisotopic (exact) mass is 386 g/mol. The fraction of sp³-hybridized carbons (Fsp3) is 0.550. The maximum Gasteiger partial charge on any atom is 0.166 e. The molecule has 0 aliphatic rings. The van der Waals surface area contributed by atoms with Crippen molar-refractivity contribution in [2.45, 2.75) is 59.7 Å². The molecule has 0 aliphatic carbocycles. The van der Waals surface area contributed by atoms with Crippen molar-refractivity contribution in [1.82, 2.24) is 24.4 Å². The van der Waals surface area contributed by atoms with E-state index in [4.69, 9.17) is 4.98 Å². The molecule has 0 aromatic carbocycles. The third kappa shape index (κ3) is 4.14. The quantitative estimate of drug-likeness (QED) is 0.610. The first kappa shape index (κ1) is 19.8. The van der Waals surface area contributed by atoms with Gasteiger partial charge >= 0.3 is 0 Å². The molecular formula is C20H30N6S. The summed E-state index contributed by atoms with van der Waals surface area (Å²) in [6.45, 7) is 15.1. The summed E-state index contributed by atoms with van der Waals surface area (Å²) < 4.78 is 2.20. The summed E-state index contributed by atoms with van der Waals surface area (Å²) in [5.74, 6) is 1.77. The van der Waals surface area contributed by atoms with E-state index in [0.29, 0.717) is 12.1 Å². The average Bonchev–Trinajstić information content (AvgIpc) is 3.24. The first-order valence-electron chi connectivity index (χ1n) is 9.66. The first-order valence-corrected chi connectivity index (χ1v) is 10.5. The highest BCUT2D eigenvalue weighted by atomic mass is 32.1. The zero-order valence-corrected chi connectivity index (χ0v) is 17.9. The second-order valence-corrected chi connectivity index (χ2v) is 8.57. The minimum absolute atomic E-state index is 0.271. The number of hydrogen-bond donors (Lipinski definition) is 1. The van der Waals surface area contributed by atoms with Gasteiger partial charge in [-0.1, -0.05) is 6.07 Å². The van der Waals surface area contributed by atoms with Crippen LogP contribution in [0.25, 0.3) is 21.9 Å². The van der Waals surface area contributed by atoms with Crippen LogP contribution in [0.1, 0.15) is 47.6 Å². The van der Waals surface area contributed by atoms with Crippen LogP contribution in [-0.4, -0.2) is 49.6 Å². The van der Waals surface area contributed by atoms with Crippen molar-refractivity contribution >= 4 is 28.3 Å². The van der Waals surface area contributed by atoms with E-state index in [9.17, 15) is 0 Å². The fourth-order valence-corrected chi connectivity index (χ4v) is 4.23. The third-order valence-corrected chi connectivity index (χ3v) is 5.59. The molecule has 3 aromatic rings. The van der Waals surface area contributed by atoms with Gasteiger partial charge in [0.05, 0.1) is 4.88 Å². The summed E-state index contributed by atoms with van der Waals surface area (Å²) >= 11 is 1.70. The second-order valence-electron chi connectivity index (χ2n) is 7.62. The van der Waals surface area contributed by atoms with E-state index in [2.05, 4.69) is 83.8 Å². The molecule has 0 amide bonds. The van der Waals surface area contributed by atoms with Gasteiger partial charge in [-0.15, -0.1) is 11.3 Å². The maximum absolute atomic E-state index is 4.92. The van der Waals surface area contributed by atoms with Gasteiger partial charge in [0.15, 0.2) is 22.8 Å². The summed E-state index contributed by atoms with van der Waals surface area (Å²) in [6.07, 6.45) is 1.63. The highest BCUT2D eigenvalue weighted by Crippen LogP contribution is 2.32. The van der Waals surface area contributed by atoms with Gasteiger partial charge in [0, 0.05) is 31.2 Å². The van der Waals surface area contributed by atoms with Gasteiger partial charge in [-0.25, -0.2) is 15.0 Å². The van der Waals surface area contributed by atoms with Crippen LogP contribution in [0, 0.1) is 0 Å². The van der Waals surface area contributed by atoms with Crippen molar-refractivity contribution in [1.29, 1.82) is 0 Å². The molecule has 0 aliphatic heterocycles. The largest absolute Gasteiger partial charge is 0.367 e. The first-order chi connectivity index (χ1) is 12.9. The lowest BCUT2D eigenvalue weighted by molar-refractivity contribution is 0.182. The average molecular weight is 387 g/mol. The molecule has 1 N–H and O–H groups in total. The third-order valence-electron chi connectivity index (χ3n) is 4.72. The number of thiophene rings is 1. The van der Waals surface area contributed by atoms with E-state index >= 15 is 0 Å². The number of fused-ring (bicyclic) bond motifs is 1. The van der Waals surface area contributed by atoms with Gasteiger partial charge < -0.3 is 9.88 Å². The molecule has 6 nitrogen and oxygen atoms in total. The maximum atomic E-state index is 4.92. The highest BCUT2D eigenvalue weighted by Gasteiger charge is 2.20. The van der Waals surface area contributed by atoms with Crippen molar-refractivity contribution in [3.05, 3.63) is 23.8 Å². The Bertz CT molecular complexity index is 858. The molecule has 3 rings (SSSR count). The van der Waals surface area contributed by atoms with Crippen LogP contribution in [0.15, 0.2) is 23.8 Å². The van der Waals surface area contributed by atoms with E-state index in [0.717, 1.165) is 40.8 Å². The molecule has 0 saturated carbocycles. The fourth-order valence-electron chi connectivity index (χ4n) is 3.52. The molecule has 0 unspecified atom stereocenters. The zero-order valence-electron chi connectivity index (χ0n) is 17.1. The van der Waals surface area contributed by atoms with Crippen LogP contribution in [0.5, 0.6) is 0 Å². The molecule has 0 fully saturated rings. The molecule has 0 atom stereocenters. The Labute approximate surface area is 165 Å². The van der Waals surface area contributed by atoms with Crippen molar-refractivity contribution in [2.75, 3.05) is 18.4 Å². The Morgan fingerprint density at radius 1 is 1.11 bits per heavy atom. The van der Waals surface area contributed by atoms with Crippen LogP contribution in [0.4, 0.5) is 5.82 Å². The van der Waals surface area contributed by atoms with E-state index in [-0.39, 0.29) is 6.04 Å². The van der Waals surface area contributed by atoms with Crippen LogP contribution in [0.3, 0.4) is 0 Å². The van der Waals surface area contributed by atoms with E-state index in [1.165, 1.54) is 0 Å². The lowest BCUT2D eigenvalue weighted by Crippen LogP contribution is -2.40. The summed E-state index contributed by atoms with van der Waals surface area (Å²) in [5.41, 5.74) is 1.73. The van der Waals surface area contributed by atoms with Crippen molar-refractivity contribution in [3.8, 4) is 10.7 Å². The lowest BCUT2D eigenvalue weighted by Gasteiger charge is -2.30. The number of anilines is 1. The van der Waals surface area contributed by atoms with Gasteiger partial charge in [-0.3, -0.25) is 4.90 Å². The minimum Gasteiger partial charge on any atom is -0.367 e. The predicted octanol–water partition coefficient (Wildman–Crippen LogP) is 4.67. The smallest absolute Gasteiger partial charge is 0.166 e. The summed E-state index contributed by atoms with van der Waals surface area (Å²) in [5, 5.41) is 5.57. The summed E-state index contributed by atoms with van der Waals surface area (Å²) in [7, 11) is 0. The molecule has 0 spiro atoms. The Morgan fingerprint density at radius 3 is 2.44 bits per heavy atom. The Hall–Kier alpha value is -1.99. The minimum atomic E-state index is 0.271. The van der Waals surface area contributed by atoms with E-state index in [1.54, 1.807) is 17.7 Å². The Balaban J connectivity index is 1.90. The predicted molar refractivity (Wildman–Crippen MR) is 114 cm³/mol. The molecule has 27 heavy (non-hydrogen) atoms. The zero-order chi connectivity index (χ0) is 19.6. The number of nitrogens with one attached hydrogen (secondary N) is 1. The summed E-state index contributed by atoms with van der Waals surface area (Å²) in [6, 6.07) is 5.47. The Morgan fingerprint density at radius 2 is 1.85 bits per heavy atom. The standard InChI is InChI=1S/C20H30N6S/c1-13(2)25(14(3)4)10-9-21-18-17-20(23-12-22-18)26(15(5)6)19(24-17)16-8-7-11-27-16/h7-8,11-15H,9-10H2,1-6H3,(H,21,22,23). The van der Waals surface area contributed by atoms with Gasteiger partial charge in [-0.05, 0) is 53.0 Å². The lowest BCUT2D eigenvalue weighted by atomic mass is 10.2. The molecule has 0 bridgehead atoms. The molecule has 0 saturated heterocycles. The number of rotatable bonds is 8. The summed E-state index contributed by atoms with van der Waals surface area (Å²) in [4.78, 5) is 17.5. The number of imidazole rings is 1.